The fourth-order valence-corrected chi connectivity index (χ4v) is 2.46. The lowest BCUT2D eigenvalue weighted by atomic mass is 9.90. The van der Waals surface area contributed by atoms with Crippen molar-refractivity contribution in [3.05, 3.63) is 12.2 Å². The minimum Gasteiger partial charge on any atom is -0.550 e. The summed E-state index contributed by atoms with van der Waals surface area (Å²) in [7, 11) is 5.42. The minimum atomic E-state index is -1.85. The van der Waals surface area contributed by atoms with E-state index in [-0.39, 0.29) is 13.0 Å². The second-order valence-corrected chi connectivity index (χ2v) is 6.96. The van der Waals surface area contributed by atoms with Gasteiger partial charge in [-0.25, -0.2) is 0 Å². The lowest BCUT2D eigenvalue weighted by molar-refractivity contribution is -0.875. The lowest BCUT2D eigenvalue weighted by Gasteiger charge is -2.34. The smallest absolute Gasteiger partial charge is 0.177 e. The molecule has 1 N–H and O–H groups in total. The van der Waals surface area contributed by atoms with Crippen molar-refractivity contribution in [3.8, 4) is 0 Å². The van der Waals surface area contributed by atoms with Crippen LogP contribution >= 0.6 is 0 Å². The molecule has 0 aromatic carbocycles. The van der Waals surface area contributed by atoms with Crippen LogP contribution in [0.4, 0.5) is 0 Å². The Hall–Kier alpha value is -1.20. The highest BCUT2D eigenvalue weighted by molar-refractivity contribution is 5.90. The van der Waals surface area contributed by atoms with Crippen molar-refractivity contribution < 1.29 is 24.3 Å². The number of likely N-dealkylation sites (N-methyl/N-ethyl adjacent to an activating group) is 1. The molecule has 0 saturated heterocycles. The zero-order valence-corrected chi connectivity index (χ0v) is 14.4. The van der Waals surface area contributed by atoms with E-state index < -0.39 is 23.8 Å². The summed E-state index contributed by atoms with van der Waals surface area (Å²) in [5.41, 5.74) is -1.85. The molecule has 0 aromatic rings. The standard InChI is InChI=1S/C17H31NO4/c1-5-6-7-8-9-10-11-12-15(19)17(22,13-16(20)21)14-18(2,3)4/h9-10,22H,5-8,11-14H2,1-4H3/b10-9-. The number of carboxylic acids is 1. The topological polar surface area (TPSA) is 77.4 Å². The van der Waals surface area contributed by atoms with Crippen LogP contribution in [0.3, 0.4) is 0 Å². The van der Waals surface area contributed by atoms with Crippen molar-refractivity contribution in [2.75, 3.05) is 27.7 Å². The number of aliphatic carboxylic acids is 1. The third-order valence-electron chi connectivity index (χ3n) is 3.37. The van der Waals surface area contributed by atoms with E-state index in [4.69, 9.17) is 0 Å². The number of Topliss-reactive ketones (excluding diaryl/α,β-unsaturated/α-hetero) is 1. The largest absolute Gasteiger partial charge is 0.550 e. The Bertz CT molecular complexity index is 385. The van der Waals surface area contributed by atoms with Gasteiger partial charge in [0.25, 0.3) is 0 Å². The Morgan fingerprint density at radius 2 is 1.73 bits per heavy atom. The molecule has 5 heteroatoms. The molecular formula is C17H31NO4. The normalized spacial score (nSPS) is 15.0. The highest BCUT2D eigenvalue weighted by atomic mass is 16.4. The summed E-state index contributed by atoms with van der Waals surface area (Å²) in [5, 5.41) is 21.3. The fourth-order valence-electron chi connectivity index (χ4n) is 2.46. The van der Waals surface area contributed by atoms with E-state index in [1.54, 1.807) is 21.1 Å². The Labute approximate surface area is 134 Å². The maximum absolute atomic E-state index is 12.2. The van der Waals surface area contributed by atoms with Gasteiger partial charge in [-0.15, -0.1) is 0 Å². The van der Waals surface area contributed by atoms with Crippen molar-refractivity contribution >= 4 is 11.8 Å². The number of allylic oxidation sites excluding steroid dienone is 2. The summed E-state index contributed by atoms with van der Waals surface area (Å²) in [6.07, 6.45) is 8.49. The van der Waals surface area contributed by atoms with Gasteiger partial charge in [-0.3, -0.25) is 4.79 Å². The quantitative estimate of drug-likeness (QED) is 0.332. The molecule has 22 heavy (non-hydrogen) atoms. The first-order valence-corrected chi connectivity index (χ1v) is 8.01. The molecule has 0 bridgehead atoms. The van der Waals surface area contributed by atoms with Gasteiger partial charge in [0.1, 0.15) is 6.54 Å². The number of unbranched alkanes of at least 4 members (excludes halogenated alkanes) is 3. The average Bonchev–Trinajstić information content (AvgIpc) is 2.34. The molecule has 1 unspecified atom stereocenters. The highest BCUT2D eigenvalue weighted by Crippen LogP contribution is 2.18. The molecule has 128 valence electrons. The van der Waals surface area contributed by atoms with Crippen LogP contribution in [0, 0.1) is 0 Å². The Kier molecular flexibility index (Phi) is 9.21. The van der Waals surface area contributed by atoms with Crippen LogP contribution in [0.1, 0.15) is 51.9 Å². The molecule has 0 rings (SSSR count). The van der Waals surface area contributed by atoms with Crippen LogP contribution in [0.25, 0.3) is 0 Å². The molecule has 5 nitrogen and oxygen atoms in total. The number of ketones is 1. The lowest BCUT2D eigenvalue weighted by Crippen LogP contribution is -2.56. The maximum Gasteiger partial charge on any atom is 0.177 e. The molecule has 0 amide bonds. The van der Waals surface area contributed by atoms with Crippen molar-refractivity contribution in [3.63, 3.8) is 0 Å². The molecule has 0 aliphatic carbocycles. The zero-order valence-electron chi connectivity index (χ0n) is 14.4. The van der Waals surface area contributed by atoms with Crippen molar-refractivity contribution in [2.45, 2.75) is 57.5 Å². The molecule has 0 aliphatic heterocycles. The van der Waals surface area contributed by atoms with Gasteiger partial charge in [0, 0.05) is 18.8 Å². The number of aliphatic hydroxyl groups is 1. The van der Waals surface area contributed by atoms with Gasteiger partial charge < -0.3 is 19.5 Å². The number of rotatable bonds is 12. The molecular weight excluding hydrogens is 282 g/mol. The van der Waals surface area contributed by atoms with Crippen molar-refractivity contribution in [1.29, 1.82) is 0 Å². The minimum absolute atomic E-state index is 0.0556. The van der Waals surface area contributed by atoms with E-state index in [0.717, 1.165) is 12.8 Å². The first-order chi connectivity index (χ1) is 10.1. The van der Waals surface area contributed by atoms with E-state index in [0.29, 0.717) is 10.9 Å². The molecule has 0 heterocycles. The second-order valence-electron chi connectivity index (χ2n) is 6.96. The van der Waals surface area contributed by atoms with Gasteiger partial charge in [-0.05, 0) is 19.3 Å². The fraction of sp³-hybridized carbons (Fsp3) is 0.765. The third-order valence-corrected chi connectivity index (χ3v) is 3.37. The Morgan fingerprint density at radius 1 is 1.14 bits per heavy atom. The average molecular weight is 313 g/mol. The van der Waals surface area contributed by atoms with E-state index in [9.17, 15) is 19.8 Å². The summed E-state index contributed by atoms with van der Waals surface area (Å²) >= 11 is 0. The van der Waals surface area contributed by atoms with Crippen LogP contribution in [-0.2, 0) is 9.59 Å². The number of carboxylic acid groups (broad SMARTS) is 1. The number of carbonyl (C=O) groups is 2. The first kappa shape index (κ1) is 20.8. The predicted molar refractivity (Wildman–Crippen MR) is 85.0 cm³/mol. The molecule has 1 atom stereocenters. The van der Waals surface area contributed by atoms with E-state index in [1.165, 1.54) is 12.8 Å². The van der Waals surface area contributed by atoms with Gasteiger partial charge in [0.05, 0.1) is 21.1 Å². The third kappa shape index (κ3) is 9.68. The molecule has 0 aromatic heterocycles. The maximum atomic E-state index is 12.2. The summed E-state index contributed by atoms with van der Waals surface area (Å²) in [4.78, 5) is 23.1. The summed E-state index contributed by atoms with van der Waals surface area (Å²) in [5.74, 6) is -1.83. The van der Waals surface area contributed by atoms with E-state index in [1.807, 2.05) is 12.2 Å². The van der Waals surface area contributed by atoms with E-state index >= 15 is 0 Å². The number of quaternary nitrogens is 1. The van der Waals surface area contributed by atoms with E-state index in [2.05, 4.69) is 6.92 Å². The van der Waals surface area contributed by atoms with Crippen LogP contribution in [0.2, 0.25) is 0 Å². The summed E-state index contributed by atoms with van der Waals surface area (Å²) in [6, 6.07) is 0. The van der Waals surface area contributed by atoms with Gasteiger partial charge in [0.15, 0.2) is 11.4 Å². The van der Waals surface area contributed by atoms with Crippen LogP contribution in [0.5, 0.6) is 0 Å². The van der Waals surface area contributed by atoms with Crippen molar-refractivity contribution in [1.82, 2.24) is 0 Å². The van der Waals surface area contributed by atoms with Gasteiger partial charge in [-0.2, -0.15) is 0 Å². The number of hydrogen-bond acceptors (Lipinski definition) is 4. The number of nitrogens with zero attached hydrogens (tertiary/aromatic N) is 1. The van der Waals surface area contributed by atoms with Gasteiger partial charge >= 0.3 is 0 Å². The Morgan fingerprint density at radius 3 is 2.23 bits per heavy atom. The monoisotopic (exact) mass is 313 g/mol. The number of hydrogen-bond donors (Lipinski definition) is 1. The summed E-state index contributed by atoms with van der Waals surface area (Å²) in [6.45, 7) is 2.20. The predicted octanol–water partition coefficient (Wildman–Crippen LogP) is 1.05. The van der Waals surface area contributed by atoms with Gasteiger partial charge in [0.2, 0.25) is 0 Å². The number of carbonyl (C=O) groups excluding carboxylic acids is 2. The molecule has 0 saturated carbocycles. The first-order valence-electron chi connectivity index (χ1n) is 8.01. The summed E-state index contributed by atoms with van der Waals surface area (Å²) < 4.78 is 0.308. The van der Waals surface area contributed by atoms with Crippen LogP contribution in [-0.4, -0.2) is 54.6 Å². The SMILES string of the molecule is CCCCC/C=C\CCC(=O)C(O)(CC(=O)[O-])C[N+](C)(C)C. The molecule has 0 fully saturated rings. The molecule has 0 radical (unpaired) electrons. The zero-order chi connectivity index (χ0) is 17.2. The van der Waals surface area contributed by atoms with Crippen molar-refractivity contribution in [2.24, 2.45) is 0 Å². The highest BCUT2D eigenvalue weighted by Gasteiger charge is 2.40. The molecule has 0 spiro atoms. The molecule has 0 aliphatic rings. The second kappa shape index (κ2) is 9.74. The van der Waals surface area contributed by atoms with Gasteiger partial charge in [-0.1, -0.05) is 31.9 Å². The Balaban J connectivity index is 4.49. The van der Waals surface area contributed by atoms with Crippen LogP contribution in [0.15, 0.2) is 12.2 Å². The van der Waals surface area contributed by atoms with Crippen LogP contribution < -0.4 is 5.11 Å².